The summed E-state index contributed by atoms with van der Waals surface area (Å²) in [6.45, 7) is 4.06. The number of hydrogen-bond donors (Lipinski definition) is 2. The molecule has 10 nitrogen and oxygen atoms in total. The molecule has 1 aliphatic carbocycles. The lowest BCUT2D eigenvalue weighted by molar-refractivity contribution is -0.135. The molecule has 0 bridgehead atoms. The fraction of sp³-hybridized carbons (Fsp3) is 0.378. The molecule has 2 aliphatic rings. The summed E-state index contributed by atoms with van der Waals surface area (Å²) in [6.07, 6.45) is 6.15. The summed E-state index contributed by atoms with van der Waals surface area (Å²) in [7, 11) is 1.29. The normalized spacial score (nSPS) is 18.2. The fourth-order valence-corrected chi connectivity index (χ4v) is 7.59. The van der Waals surface area contributed by atoms with Gasteiger partial charge in [-0.1, -0.05) is 66.9 Å². The lowest BCUT2D eigenvalue weighted by Crippen LogP contribution is -2.51. The fourth-order valence-electron chi connectivity index (χ4n) is 6.32. The average Bonchev–Trinajstić information content (AvgIpc) is 3.44. The number of benzene rings is 2. The van der Waals surface area contributed by atoms with Gasteiger partial charge < -0.3 is 24.7 Å². The predicted octanol–water partition coefficient (Wildman–Crippen LogP) is 7.96. The molecule has 7 rings (SSSR count). The highest BCUT2D eigenvalue weighted by Gasteiger charge is 2.43. The minimum Gasteiger partial charge on any atom is -0.471 e. The number of carbonyl (C=O) groups excluding carboxylic acids is 2. The van der Waals surface area contributed by atoms with Crippen LogP contribution in [0, 0.1) is 11.8 Å². The molecule has 49 heavy (non-hydrogen) atoms. The summed E-state index contributed by atoms with van der Waals surface area (Å²) >= 11 is 5.24. The van der Waals surface area contributed by atoms with E-state index in [2.05, 4.69) is 38.4 Å². The number of halogens is 1. The summed E-state index contributed by atoms with van der Waals surface area (Å²) in [5, 5.41) is 2.74. The number of aromatic nitrogens is 4. The highest BCUT2D eigenvalue weighted by Crippen LogP contribution is 2.40. The first-order valence-electron chi connectivity index (χ1n) is 16.7. The van der Waals surface area contributed by atoms with Crippen LogP contribution in [0.3, 0.4) is 0 Å². The molecule has 2 aromatic carbocycles. The second-order valence-corrected chi connectivity index (χ2v) is 15.2. The van der Waals surface area contributed by atoms with Gasteiger partial charge in [0.15, 0.2) is 0 Å². The van der Waals surface area contributed by atoms with E-state index >= 15 is 0 Å². The van der Waals surface area contributed by atoms with Crippen molar-refractivity contribution in [3.8, 4) is 27.7 Å². The van der Waals surface area contributed by atoms with Gasteiger partial charge in [0.05, 0.1) is 47.5 Å². The lowest BCUT2D eigenvalue weighted by Gasteiger charge is -2.29. The molecule has 2 amide bonds. The number of H-pyrrole nitrogens is 1. The summed E-state index contributed by atoms with van der Waals surface area (Å²) in [6, 6.07) is 18.8. The third-order valence-corrected chi connectivity index (χ3v) is 10.9. The third kappa shape index (κ3) is 7.50. The minimum atomic E-state index is -0.800. The summed E-state index contributed by atoms with van der Waals surface area (Å²) in [5.41, 5.74) is 4.04. The Balaban J connectivity index is 1.21. The number of aryl methyl sites for hydroxylation is 1. The van der Waals surface area contributed by atoms with Crippen LogP contribution in [0.4, 0.5) is 4.79 Å². The number of thiophene rings is 1. The second-order valence-electron chi connectivity index (χ2n) is 13.1. The van der Waals surface area contributed by atoms with Crippen LogP contribution < -0.4 is 10.1 Å². The molecular formula is C37H39BrN6O4S. The molecule has 4 heterocycles. The standard InChI is InChI=1S/C37H39BrN6O4S/c1-21(2)32(43-37(46)47-3)36(45)44-20-25(18-30(44)34-39-19-29(41-34)23-11-13-24(38)14-12-23)48-35-33(40-27-6-4-5-7-28(27)42-35)31-17-16-26(49-31)15-10-22-8-9-22/h4-7,11-14,16-17,19,21-22,25,30,32H,8-10,15,18,20H2,1-3H3,(H,39,41)(H,43,46)/t25-,30+,32+/m1/s1. The second kappa shape index (κ2) is 14.3. The first-order chi connectivity index (χ1) is 23.7. The molecule has 0 unspecified atom stereocenters. The Hall–Kier alpha value is -4.29. The number of alkyl carbamates (subject to hydrolysis) is 1. The van der Waals surface area contributed by atoms with Crippen LogP contribution >= 0.6 is 27.3 Å². The molecule has 3 aromatic heterocycles. The van der Waals surface area contributed by atoms with E-state index in [9.17, 15) is 9.59 Å². The summed E-state index contributed by atoms with van der Waals surface area (Å²) in [4.78, 5) is 48.8. The number of ether oxygens (including phenoxy) is 2. The van der Waals surface area contributed by atoms with E-state index in [4.69, 9.17) is 24.4 Å². The molecule has 3 atom stereocenters. The van der Waals surface area contributed by atoms with Gasteiger partial charge >= 0.3 is 6.09 Å². The van der Waals surface area contributed by atoms with E-state index in [1.54, 1.807) is 22.4 Å². The number of para-hydroxylation sites is 2. The van der Waals surface area contributed by atoms with Gasteiger partial charge in [-0.15, -0.1) is 11.3 Å². The average molecular weight is 744 g/mol. The van der Waals surface area contributed by atoms with Crippen molar-refractivity contribution in [2.45, 2.75) is 64.1 Å². The van der Waals surface area contributed by atoms with E-state index in [1.807, 2.05) is 62.4 Å². The molecule has 0 spiro atoms. The topological polar surface area (TPSA) is 122 Å². The van der Waals surface area contributed by atoms with Crippen molar-refractivity contribution in [1.29, 1.82) is 0 Å². The number of fused-ring (bicyclic) bond motifs is 1. The van der Waals surface area contributed by atoms with Crippen molar-refractivity contribution in [1.82, 2.24) is 30.2 Å². The summed E-state index contributed by atoms with van der Waals surface area (Å²) < 4.78 is 12.6. The SMILES string of the molecule is COC(=O)N[C@H](C(=O)N1C[C@H](Oc2nc3ccccc3nc2-c2ccc(CCC3CC3)s2)C[C@H]1c1ncc(-c2ccc(Br)cc2)[nH]1)C(C)C. The molecule has 0 radical (unpaired) electrons. The number of carbonyl (C=O) groups is 2. The minimum absolute atomic E-state index is 0.187. The number of methoxy groups -OCH3 is 1. The first-order valence-corrected chi connectivity index (χ1v) is 18.3. The van der Waals surface area contributed by atoms with E-state index in [-0.39, 0.29) is 18.4 Å². The molecule has 12 heteroatoms. The molecule has 1 saturated heterocycles. The quantitative estimate of drug-likeness (QED) is 0.141. The number of imidazole rings is 1. The van der Waals surface area contributed by atoms with Gasteiger partial charge in [-0.3, -0.25) is 4.79 Å². The van der Waals surface area contributed by atoms with E-state index in [0.29, 0.717) is 23.8 Å². The van der Waals surface area contributed by atoms with Crippen LogP contribution in [-0.2, 0) is 16.0 Å². The predicted molar refractivity (Wildman–Crippen MR) is 193 cm³/mol. The Labute approximate surface area is 297 Å². The number of rotatable bonds is 11. The Morgan fingerprint density at radius 1 is 1.06 bits per heavy atom. The number of aromatic amines is 1. The number of amides is 2. The van der Waals surface area contributed by atoms with E-state index in [0.717, 1.165) is 44.0 Å². The monoisotopic (exact) mass is 742 g/mol. The van der Waals surface area contributed by atoms with Gasteiger partial charge in [-0.2, -0.15) is 0 Å². The maximum absolute atomic E-state index is 14.2. The van der Waals surface area contributed by atoms with Gasteiger partial charge in [-0.25, -0.2) is 19.7 Å². The Kier molecular flexibility index (Phi) is 9.68. The van der Waals surface area contributed by atoms with Gasteiger partial charge in [0.1, 0.15) is 23.7 Å². The third-order valence-electron chi connectivity index (χ3n) is 9.21. The summed E-state index contributed by atoms with van der Waals surface area (Å²) in [5.74, 6) is 1.52. The van der Waals surface area contributed by atoms with Crippen LogP contribution in [-0.4, -0.2) is 62.6 Å². The number of nitrogens with one attached hydrogen (secondary N) is 2. The zero-order valence-electron chi connectivity index (χ0n) is 27.7. The molecular weight excluding hydrogens is 704 g/mol. The lowest BCUT2D eigenvalue weighted by atomic mass is 10.0. The smallest absolute Gasteiger partial charge is 0.407 e. The van der Waals surface area contributed by atoms with Crippen LogP contribution in [0.25, 0.3) is 32.9 Å². The van der Waals surface area contributed by atoms with E-state index in [1.165, 1.54) is 31.2 Å². The van der Waals surface area contributed by atoms with Crippen molar-refractivity contribution in [3.63, 3.8) is 0 Å². The zero-order chi connectivity index (χ0) is 34.1. The molecule has 5 aromatic rings. The van der Waals surface area contributed by atoms with Crippen LogP contribution in [0.15, 0.2) is 71.3 Å². The maximum Gasteiger partial charge on any atom is 0.407 e. The molecule has 1 saturated carbocycles. The largest absolute Gasteiger partial charge is 0.471 e. The van der Waals surface area contributed by atoms with E-state index < -0.39 is 24.3 Å². The molecule has 2 fully saturated rings. The Morgan fingerprint density at radius 2 is 1.82 bits per heavy atom. The Morgan fingerprint density at radius 3 is 2.53 bits per heavy atom. The van der Waals surface area contributed by atoms with Crippen LogP contribution in [0.1, 0.15) is 56.3 Å². The number of nitrogens with zero attached hydrogens (tertiary/aromatic N) is 4. The zero-order valence-corrected chi connectivity index (χ0v) is 30.1. The number of hydrogen-bond acceptors (Lipinski definition) is 8. The Bertz CT molecular complexity index is 1960. The highest BCUT2D eigenvalue weighted by molar-refractivity contribution is 9.10. The van der Waals surface area contributed by atoms with Gasteiger partial charge in [0.25, 0.3) is 0 Å². The van der Waals surface area contributed by atoms with Crippen molar-refractivity contribution >= 4 is 50.3 Å². The van der Waals surface area contributed by atoms with Gasteiger partial charge in [-0.05, 0) is 66.6 Å². The first kappa shape index (κ1) is 33.2. The number of likely N-dealkylation sites (tertiary alicyclic amines) is 1. The molecule has 1 aliphatic heterocycles. The molecule has 2 N–H and O–H groups in total. The van der Waals surface area contributed by atoms with Crippen molar-refractivity contribution < 1.29 is 19.1 Å². The van der Waals surface area contributed by atoms with Crippen molar-refractivity contribution in [3.05, 3.63) is 82.0 Å². The highest BCUT2D eigenvalue weighted by atomic mass is 79.9. The van der Waals surface area contributed by atoms with Crippen LogP contribution in [0.2, 0.25) is 0 Å². The maximum atomic E-state index is 14.2. The van der Waals surface area contributed by atoms with Crippen LogP contribution in [0.5, 0.6) is 5.88 Å². The van der Waals surface area contributed by atoms with Crippen molar-refractivity contribution in [2.75, 3.05) is 13.7 Å². The molecule has 254 valence electrons. The van der Waals surface area contributed by atoms with Gasteiger partial charge in [0, 0.05) is 15.8 Å². The van der Waals surface area contributed by atoms with Gasteiger partial charge in [0.2, 0.25) is 11.8 Å². The van der Waals surface area contributed by atoms with Crippen molar-refractivity contribution in [2.24, 2.45) is 11.8 Å².